The molecule has 3 aliphatic rings. The first kappa shape index (κ1) is 23.2. The molecule has 1 saturated heterocycles. The van der Waals surface area contributed by atoms with Crippen molar-refractivity contribution in [3.63, 3.8) is 0 Å². The average molecular weight is 419 g/mol. The molecule has 164 valence electrons. The van der Waals surface area contributed by atoms with E-state index in [4.69, 9.17) is 0 Å². The van der Waals surface area contributed by atoms with Crippen LogP contribution in [0.15, 0.2) is 35.5 Å². The molecule has 29 heavy (non-hydrogen) atoms. The number of hydrogen-bond acceptors (Lipinski definition) is 3. The van der Waals surface area contributed by atoms with Crippen LogP contribution < -0.4 is 0 Å². The fourth-order valence-corrected chi connectivity index (χ4v) is 7.37. The van der Waals surface area contributed by atoms with Crippen LogP contribution in [0.2, 0.25) is 0 Å². The maximum absolute atomic E-state index is 10.1. The maximum Gasteiger partial charge on any atom is 0.0877 e. The van der Waals surface area contributed by atoms with Crippen LogP contribution in [0.25, 0.3) is 0 Å². The summed E-state index contributed by atoms with van der Waals surface area (Å²) in [7, 11) is 0. The number of allylic oxidation sites excluding steroid dienone is 3. The lowest BCUT2D eigenvalue weighted by Gasteiger charge is -2.44. The van der Waals surface area contributed by atoms with Gasteiger partial charge in [-0.15, -0.1) is 0 Å². The quantitative estimate of drug-likeness (QED) is 0.532. The molecule has 1 heterocycles. The fraction of sp³-hybridized carbons (Fsp3) is 0.769. The molecule has 0 unspecified atom stereocenters. The van der Waals surface area contributed by atoms with E-state index in [0.29, 0.717) is 11.3 Å². The first-order valence-corrected chi connectivity index (χ1v) is 12.8. The SMILES string of the molecule is C=C1/C(=C/C=C2\CCC[C@]3(C)[C@@H]([C@H](C)CCCC(C)(C)O)CC[C@@H]23)CSC[C@@H]1O. The van der Waals surface area contributed by atoms with E-state index in [0.717, 1.165) is 41.8 Å². The Labute approximate surface area is 182 Å². The molecule has 0 spiro atoms. The highest BCUT2D eigenvalue weighted by Gasteiger charge is 2.50. The predicted octanol–water partition coefficient (Wildman–Crippen LogP) is 6.30. The third-order valence-electron chi connectivity index (χ3n) is 8.02. The van der Waals surface area contributed by atoms with Crippen LogP contribution in [0.4, 0.5) is 0 Å². The minimum Gasteiger partial charge on any atom is -0.390 e. The zero-order valence-corrected chi connectivity index (χ0v) is 19.9. The second-order valence-electron chi connectivity index (χ2n) is 10.8. The first-order valence-electron chi connectivity index (χ1n) is 11.7. The Kier molecular flexibility index (Phi) is 7.44. The highest BCUT2D eigenvalue weighted by atomic mass is 32.2. The van der Waals surface area contributed by atoms with Gasteiger partial charge in [-0.25, -0.2) is 0 Å². The molecule has 0 radical (unpaired) electrons. The molecule has 2 nitrogen and oxygen atoms in total. The largest absolute Gasteiger partial charge is 0.390 e. The number of hydrogen-bond donors (Lipinski definition) is 2. The second kappa shape index (κ2) is 9.32. The minimum atomic E-state index is -0.537. The van der Waals surface area contributed by atoms with Crippen molar-refractivity contribution in [3.05, 3.63) is 35.5 Å². The molecule has 3 rings (SSSR count). The Balaban J connectivity index is 1.68. The van der Waals surface area contributed by atoms with Gasteiger partial charge in [0.2, 0.25) is 0 Å². The van der Waals surface area contributed by atoms with Gasteiger partial charge in [-0.1, -0.05) is 51.0 Å². The first-order chi connectivity index (χ1) is 13.6. The van der Waals surface area contributed by atoms with Crippen molar-refractivity contribution in [1.82, 2.24) is 0 Å². The van der Waals surface area contributed by atoms with Crippen molar-refractivity contribution < 1.29 is 10.2 Å². The summed E-state index contributed by atoms with van der Waals surface area (Å²) in [6.07, 6.45) is 14.1. The van der Waals surface area contributed by atoms with Crippen LogP contribution in [-0.4, -0.2) is 33.4 Å². The Morgan fingerprint density at radius 2 is 2.07 bits per heavy atom. The predicted molar refractivity (Wildman–Crippen MR) is 126 cm³/mol. The maximum atomic E-state index is 10.1. The van der Waals surface area contributed by atoms with Gasteiger partial charge in [-0.05, 0) is 86.7 Å². The van der Waals surface area contributed by atoms with E-state index in [9.17, 15) is 10.2 Å². The van der Waals surface area contributed by atoms with Crippen molar-refractivity contribution in [2.75, 3.05) is 11.5 Å². The Morgan fingerprint density at radius 1 is 1.31 bits per heavy atom. The molecular weight excluding hydrogens is 376 g/mol. The fourth-order valence-electron chi connectivity index (χ4n) is 6.32. The van der Waals surface area contributed by atoms with Crippen molar-refractivity contribution in [3.8, 4) is 0 Å². The van der Waals surface area contributed by atoms with E-state index in [1.165, 1.54) is 44.1 Å². The van der Waals surface area contributed by atoms with Crippen molar-refractivity contribution in [1.29, 1.82) is 0 Å². The van der Waals surface area contributed by atoms with E-state index >= 15 is 0 Å². The molecule has 2 aliphatic carbocycles. The summed E-state index contributed by atoms with van der Waals surface area (Å²) in [6.45, 7) is 13.0. The van der Waals surface area contributed by atoms with E-state index in [-0.39, 0.29) is 6.10 Å². The van der Waals surface area contributed by atoms with Crippen molar-refractivity contribution in [2.45, 2.75) is 90.8 Å². The molecule has 0 aromatic heterocycles. The second-order valence-corrected chi connectivity index (χ2v) is 11.8. The summed E-state index contributed by atoms with van der Waals surface area (Å²) >= 11 is 1.81. The topological polar surface area (TPSA) is 40.5 Å². The van der Waals surface area contributed by atoms with Crippen LogP contribution in [0.3, 0.4) is 0 Å². The summed E-state index contributed by atoms with van der Waals surface area (Å²) in [5, 5.41) is 20.1. The third kappa shape index (κ3) is 5.40. The van der Waals surface area contributed by atoms with Crippen LogP contribution in [0.1, 0.15) is 79.1 Å². The lowest BCUT2D eigenvalue weighted by Crippen LogP contribution is -2.36. The summed E-state index contributed by atoms with van der Waals surface area (Å²) in [5.41, 5.74) is 3.67. The molecule has 0 aromatic rings. The Bertz CT molecular complexity index is 656. The number of aliphatic hydroxyl groups is 2. The number of fused-ring (bicyclic) bond motifs is 1. The standard InChI is InChI=1S/C26H42O2S/c1-18(8-6-14-25(3,4)28)22-12-13-23-20(9-7-15-26(22,23)5)10-11-21-16-29-17-24(27)19(21)2/h10-11,18,22-24,27-28H,2,6-9,12-17H2,1,3-5H3/b20-10+,21-11+/t18-,22-,23+,24+,26-/m1/s1. The van der Waals surface area contributed by atoms with E-state index in [1.807, 2.05) is 25.6 Å². The lowest BCUT2D eigenvalue weighted by atomic mass is 9.60. The zero-order valence-electron chi connectivity index (χ0n) is 19.0. The van der Waals surface area contributed by atoms with Crippen LogP contribution in [-0.2, 0) is 0 Å². The van der Waals surface area contributed by atoms with Gasteiger partial charge >= 0.3 is 0 Å². The summed E-state index contributed by atoms with van der Waals surface area (Å²) < 4.78 is 0. The number of aliphatic hydroxyl groups excluding tert-OH is 1. The van der Waals surface area contributed by atoms with Crippen LogP contribution >= 0.6 is 11.8 Å². The van der Waals surface area contributed by atoms with Crippen molar-refractivity contribution >= 4 is 11.8 Å². The number of thioether (sulfide) groups is 1. The smallest absolute Gasteiger partial charge is 0.0877 e. The van der Waals surface area contributed by atoms with E-state index in [1.54, 1.807) is 5.57 Å². The monoisotopic (exact) mass is 418 g/mol. The normalized spacial score (nSPS) is 37.2. The molecule has 0 bridgehead atoms. The van der Waals surface area contributed by atoms with Crippen molar-refractivity contribution in [2.24, 2.45) is 23.2 Å². The molecule has 2 N–H and O–H groups in total. The minimum absolute atomic E-state index is 0.379. The van der Waals surface area contributed by atoms with E-state index in [2.05, 4.69) is 32.6 Å². The highest BCUT2D eigenvalue weighted by Crippen LogP contribution is 2.59. The lowest BCUT2D eigenvalue weighted by molar-refractivity contribution is 0.0596. The highest BCUT2D eigenvalue weighted by molar-refractivity contribution is 7.99. The van der Waals surface area contributed by atoms with Gasteiger partial charge < -0.3 is 10.2 Å². The number of rotatable bonds is 6. The average Bonchev–Trinajstić information content (AvgIpc) is 2.99. The molecule has 5 atom stereocenters. The van der Waals surface area contributed by atoms with Gasteiger partial charge in [-0.2, -0.15) is 11.8 Å². The summed E-state index contributed by atoms with van der Waals surface area (Å²) in [4.78, 5) is 0. The molecular formula is C26H42O2S. The van der Waals surface area contributed by atoms with Crippen LogP contribution in [0.5, 0.6) is 0 Å². The molecule has 0 amide bonds. The van der Waals surface area contributed by atoms with Crippen LogP contribution in [0, 0.1) is 23.2 Å². The molecule has 0 aromatic carbocycles. The Morgan fingerprint density at radius 3 is 2.79 bits per heavy atom. The van der Waals surface area contributed by atoms with Gasteiger partial charge in [0, 0.05) is 11.5 Å². The third-order valence-corrected chi connectivity index (χ3v) is 9.09. The van der Waals surface area contributed by atoms with Gasteiger partial charge in [0.1, 0.15) is 0 Å². The molecule has 2 saturated carbocycles. The summed E-state index contributed by atoms with van der Waals surface area (Å²) in [5.74, 6) is 4.00. The van der Waals surface area contributed by atoms with Gasteiger partial charge in [0.25, 0.3) is 0 Å². The molecule has 3 heteroatoms. The van der Waals surface area contributed by atoms with E-state index < -0.39 is 5.60 Å². The van der Waals surface area contributed by atoms with Gasteiger partial charge in [-0.3, -0.25) is 0 Å². The van der Waals surface area contributed by atoms with Gasteiger partial charge in [0.15, 0.2) is 0 Å². The molecule has 1 aliphatic heterocycles. The van der Waals surface area contributed by atoms with Gasteiger partial charge in [0.05, 0.1) is 11.7 Å². The zero-order chi connectivity index (χ0) is 21.2. The Hall–Kier alpha value is -0.510. The molecule has 3 fully saturated rings. The summed E-state index contributed by atoms with van der Waals surface area (Å²) in [6, 6.07) is 0.